The summed E-state index contributed by atoms with van der Waals surface area (Å²) in [5.74, 6) is -0.529. The lowest BCUT2D eigenvalue weighted by atomic mass is 9.87. The van der Waals surface area contributed by atoms with Crippen LogP contribution >= 0.6 is 23.2 Å². The normalized spacial score (nSPS) is 16.6. The lowest BCUT2D eigenvalue weighted by molar-refractivity contribution is -0.274. The molecule has 2 aliphatic heterocycles. The van der Waals surface area contributed by atoms with Crippen molar-refractivity contribution in [1.82, 2.24) is 24.6 Å². The Bertz CT molecular complexity index is 1940. The fourth-order valence-corrected chi connectivity index (χ4v) is 7.82. The van der Waals surface area contributed by atoms with E-state index in [1.54, 1.807) is 17.0 Å². The molecule has 0 spiro atoms. The molecule has 10 nitrogen and oxygen atoms in total. The second-order valence-corrected chi connectivity index (χ2v) is 15.5. The van der Waals surface area contributed by atoms with Crippen molar-refractivity contribution in [1.29, 1.82) is 0 Å². The number of unbranched alkanes of at least 4 members (excludes halogenated alkanes) is 1. The Balaban J connectivity index is 1.09. The van der Waals surface area contributed by atoms with E-state index < -0.39 is 11.9 Å². The van der Waals surface area contributed by atoms with Crippen molar-refractivity contribution < 1.29 is 32.2 Å². The summed E-state index contributed by atoms with van der Waals surface area (Å²) in [6.07, 6.45) is 0.569. The van der Waals surface area contributed by atoms with E-state index in [1.807, 2.05) is 35.9 Å². The molecule has 0 radical (unpaired) electrons. The molecular weight excluding hydrogens is 768 g/mol. The van der Waals surface area contributed by atoms with E-state index in [4.69, 9.17) is 33.7 Å². The van der Waals surface area contributed by atoms with E-state index in [-0.39, 0.29) is 17.7 Å². The molecule has 2 amide bonds. The number of aryl methyl sites for hydroxylation is 1. The van der Waals surface area contributed by atoms with Gasteiger partial charge in [-0.3, -0.25) is 14.6 Å². The smallest absolute Gasteiger partial charge is 0.449 e. The second kappa shape index (κ2) is 18.5. The number of hydrogen-bond donors (Lipinski definition) is 2. The van der Waals surface area contributed by atoms with Gasteiger partial charge >= 0.3 is 12.5 Å². The summed E-state index contributed by atoms with van der Waals surface area (Å²) in [5.41, 5.74) is 10.2. The summed E-state index contributed by atoms with van der Waals surface area (Å²) < 4.78 is 50.1. The number of ether oxygens (including phenoxy) is 2. The van der Waals surface area contributed by atoms with Gasteiger partial charge in [0, 0.05) is 91.8 Å². The molecule has 0 bridgehead atoms. The van der Waals surface area contributed by atoms with Gasteiger partial charge in [-0.15, -0.1) is 13.2 Å². The number of carbonyl (C=O) groups is 2. The molecule has 0 atom stereocenters. The van der Waals surface area contributed by atoms with Crippen molar-refractivity contribution in [2.45, 2.75) is 70.4 Å². The second-order valence-electron chi connectivity index (χ2n) is 14.6. The lowest BCUT2D eigenvalue weighted by Gasteiger charge is -2.37. The lowest BCUT2D eigenvalue weighted by Crippen LogP contribution is -2.60. The number of nitrogens with two attached hydrogens (primary N) is 1. The minimum absolute atomic E-state index is 0.238. The van der Waals surface area contributed by atoms with Gasteiger partial charge in [0.15, 0.2) is 0 Å². The molecule has 4 aromatic rings. The van der Waals surface area contributed by atoms with E-state index >= 15 is 0 Å². The number of aromatic nitrogens is 1. The maximum absolute atomic E-state index is 13.2. The number of nitrogens with zero attached hydrogens (tertiary/aromatic N) is 4. The van der Waals surface area contributed by atoms with Gasteiger partial charge in [0.05, 0.1) is 17.7 Å². The van der Waals surface area contributed by atoms with Crippen LogP contribution in [0.3, 0.4) is 0 Å². The number of piperazine rings is 1. The molecule has 56 heavy (non-hydrogen) atoms. The molecule has 0 unspecified atom stereocenters. The average molecular weight is 818 g/mol. The fourth-order valence-electron chi connectivity index (χ4n) is 7.30. The Labute approximate surface area is 335 Å². The fraction of sp³-hybridized carbons (Fsp3) is 0.463. The zero-order chi connectivity index (χ0) is 39.9. The van der Waals surface area contributed by atoms with Gasteiger partial charge < -0.3 is 30.0 Å². The quantitative estimate of drug-likeness (QED) is 0.125. The number of amides is 2. The number of benzene rings is 3. The Morgan fingerprint density at radius 2 is 1.55 bits per heavy atom. The number of fused-ring (bicyclic) bond motifs is 1. The standard InChI is InChI=1S/C41H49Cl2F3N6O4/c1-2-3-24-55-39(54)51-18-15-40(47,16-19-51)38(53)48-17-5-6-30-27-52(31-10-12-32(13-11-31)56-41(44,45)46)37-25-29(9-14-33(30)37)26-49-20-22-50(23-21-49)28-34-35(42)7-4-8-36(34)43/h4,7-14,25,27H,2-3,5-6,15-24,26,28,47H2,1H3,(H,48,53). The van der Waals surface area contributed by atoms with Gasteiger partial charge in [-0.25, -0.2) is 4.79 Å². The molecule has 2 saturated heterocycles. The van der Waals surface area contributed by atoms with Gasteiger partial charge in [0.1, 0.15) is 5.75 Å². The van der Waals surface area contributed by atoms with Crippen LogP contribution in [-0.4, -0.2) is 95.6 Å². The van der Waals surface area contributed by atoms with Gasteiger partial charge in [0.2, 0.25) is 5.91 Å². The zero-order valence-electron chi connectivity index (χ0n) is 31.6. The third kappa shape index (κ3) is 10.7. The molecule has 2 aliphatic rings. The first-order chi connectivity index (χ1) is 26.8. The van der Waals surface area contributed by atoms with Crippen LogP contribution in [0.5, 0.6) is 5.75 Å². The van der Waals surface area contributed by atoms with Crippen LogP contribution in [0.4, 0.5) is 18.0 Å². The van der Waals surface area contributed by atoms with E-state index in [2.05, 4.69) is 38.1 Å². The average Bonchev–Trinajstić information content (AvgIpc) is 3.53. The molecule has 3 aromatic carbocycles. The predicted octanol–water partition coefficient (Wildman–Crippen LogP) is 7.93. The minimum atomic E-state index is -4.78. The molecule has 3 N–H and O–H groups in total. The van der Waals surface area contributed by atoms with Crippen LogP contribution in [0.15, 0.2) is 66.9 Å². The number of hydrogen-bond acceptors (Lipinski definition) is 7. The SMILES string of the molecule is CCCCOC(=O)N1CCC(N)(C(=O)NCCCc2cn(-c3ccc(OC(F)(F)F)cc3)c3cc(CN4CCN(Cc5c(Cl)cccc5Cl)CC4)ccc23)CC1. The first kappa shape index (κ1) is 41.6. The Hall–Kier alpha value is -4.01. The predicted molar refractivity (Wildman–Crippen MR) is 212 cm³/mol. The number of alkyl halides is 3. The molecule has 3 heterocycles. The van der Waals surface area contributed by atoms with Crippen molar-refractivity contribution in [3.8, 4) is 11.4 Å². The van der Waals surface area contributed by atoms with Crippen LogP contribution in [-0.2, 0) is 29.0 Å². The zero-order valence-corrected chi connectivity index (χ0v) is 33.1. The van der Waals surface area contributed by atoms with Crippen molar-refractivity contribution in [3.63, 3.8) is 0 Å². The third-order valence-electron chi connectivity index (χ3n) is 10.6. The van der Waals surface area contributed by atoms with E-state index in [9.17, 15) is 22.8 Å². The van der Waals surface area contributed by atoms with Crippen LogP contribution in [0, 0.1) is 0 Å². The highest BCUT2D eigenvalue weighted by Gasteiger charge is 2.39. The number of rotatable bonds is 14. The van der Waals surface area contributed by atoms with E-state index in [1.165, 1.54) is 12.1 Å². The van der Waals surface area contributed by atoms with Gasteiger partial charge in [-0.2, -0.15) is 0 Å². The molecule has 0 saturated carbocycles. The van der Waals surface area contributed by atoms with Gasteiger partial charge in [-0.1, -0.05) is 54.7 Å². The molecule has 2 fully saturated rings. The number of carbonyl (C=O) groups excluding carboxylic acids is 2. The van der Waals surface area contributed by atoms with Crippen molar-refractivity contribution in [3.05, 3.63) is 93.6 Å². The molecule has 6 rings (SSSR count). The summed E-state index contributed by atoms with van der Waals surface area (Å²) in [6, 6.07) is 17.8. The maximum atomic E-state index is 13.2. The molecular formula is C41H49Cl2F3N6O4. The van der Waals surface area contributed by atoms with Crippen molar-refractivity contribution in [2.24, 2.45) is 5.73 Å². The summed E-state index contributed by atoms with van der Waals surface area (Å²) in [4.78, 5) is 31.9. The topological polar surface area (TPSA) is 105 Å². The van der Waals surface area contributed by atoms with Crippen LogP contribution in [0.2, 0.25) is 10.0 Å². The van der Waals surface area contributed by atoms with Crippen LogP contribution in [0.25, 0.3) is 16.6 Å². The van der Waals surface area contributed by atoms with Crippen LogP contribution in [0.1, 0.15) is 55.7 Å². The summed E-state index contributed by atoms with van der Waals surface area (Å²) in [6.45, 7) is 8.42. The number of halogens is 5. The Kier molecular flexibility index (Phi) is 13.8. The molecule has 302 valence electrons. The number of piperidine rings is 1. The summed E-state index contributed by atoms with van der Waals surface area (Å²) in [5, 5.41) is 5.36. The molecule has 15 heteroatoms. The minimum Gasteiger partial charge on any atom is -0.449 e. The van der Waals surface area contributed by atoms with Crippen molar-refractivity contribution in [2.75, 3.05) is 52.4 Å². The highest BCUT2D eigenvalue weighted by atomic mass is 35.5. The first-order valence-electron chi connectivity index (χ1n) is 19.2. The third-order valence-corrected chi connectivity index (χ3v) is 11.3. The highest BCUT2D eigenvalue weighted by Crippen LogP contribution is 2.31. The van der Waals surface area contributed by atoms with E-state index in [0.29, 0.717) is 74.2 Å². The largest absolute Gasteiger partial charge is 0.573 e. The number of likely N-dealkylation sites (tertiary alicyclic amines) is 1. The first-order valence-corrected chi connectivity index (χ1v) is 19.9. The summed E-state index contributed by atoms with van der Waals surface area (Å²) >= 11 is 12.8. The molecule has 0 aliphatic carbocycles. The van der Waals surface area contributed by atoms with Crippen molar-refractivity contribution >= 4 is 46.1 Å². The van der Waals surface area contributed by atoms with E-state index in [0.717, 1.165) is 73.2 Å². The monoisotopic (exact) mass is 816 g/mol. The maximum Gasteiger partial charge on any atom is 0.573 e. The van der Waals surface area contributed by atoms with Gasteiger partial charge in [0.25, 0.3) is 0 Å². The van der Waals surface area contributed by atoms with Gasteiger partial charge in [-0.05, 0) is 85.7 Å². The molecule has 1 aromatic heterocycles. The number of nitrogens with one attached hydrogen (secondary N) is 1. The highest BCUT2D eigenvalue weighted by molar-refractivity contribution is 6.36. The Morgan fingerprint density at radius 1 is 0.893 bits per heavy atom. The Morgan fingerprint density at radius 3 is 2.20 bits per heavy atom. The van der Waals surface area contributed by atoms with Crippen LogP contribution < -0.4 is 15.8 Å². The summed E-state index contributed by atoms with van der Waals surface area (Å²) in [7, 11) is 0.